The van der Waals surface area contributed by atoms with Crippen LogP contribution in [0.15, 0.2) is 54.9 Å². The molecule has 0 atom stereocenters. The summed E-state index contributed by atoms with van der Waals surface area (Å²) in [5, 5.41) is 14.9. The Balaban J connectivity index is 2.07. The minimum atomic E-state index is -5.57. The second kappa shape index (κ2) is 8.41. The minimum absolute atomic E-state index is 0.244. The average molecular weight is 452 g/mol. The standard InChI is InChI=1S/C17H18N4O7P2/c22-17(29(23,24)25,30(26,27)28)8-7-12-11-15(13-5-1-3-9-18-13)20-21-16(12)14-6-2-4-10-19-14/h1-6,9-11,22H,7-8H2,(H2,23,24,25)(H2,26,27,28). The van der Waals surface area contributed by atoms with E-state index in [1.807, 2.05) is 0 Å². The van der Waals surface area contributed by atoms with Gasteiger partial charge < -0.3 is 24.7 Å². The summed E-state index contributed by atoms with van der Waals surface area (Å²) < 4.78 is 23.3. The minimum Gasteiger partial charge on any atom is -0.368 e. The number of rotatable bonds is 7. The molecule has 0 saturated carbocycles. The first-order valence-corrected chi connectivity index (χ1v) is 11.8. The quantitative estimate of drug-likeness (QED) is 0.327. The van der Waals surface area contributed by atoms with Crippen LogP contribution in [0.1, 0.15) is 12.0 Å². The molecular weight excluding hydrogens is 434 g/mol. The number of hydrogen-bond acceptors (Lipinski definition) is 7. The maximum absolute atomic E-state index is 11.7. The summed E-state index contributed by atoms with van der Waals surface area (Å²) in [6.45, 7) is 0. The molecule has 0 bridgehead atoms. The van der Waals surface area contributed by atoms with Crippen LogP contribution in [0.25, 0.3) is 22.8 Å². The molecule has 0 aliphatic carbocycles. The molecule has 158 valence electrons. The molecule has 3 aromatic rings. The highest BCUT2D eigenvalue weighted by Crippen LogP contribution is 2.69. The molecule has 3 rings (SSSR count). The van der Waals surface area contributed by atoms with Gasteiger partial charge in [0.15, 0.2) is 0 Å². The fourth-order valence-electron chi connectivity index (χ4n) is 2.74. The van der Waals surface area contributed by atoms with Crippen LogP contribution in [0.5, 0.6) is 0 Å². The van der Waals surface area contributed by atoms with E-state index in [-0.39, 0.29) is 12.1 Å². The van der Waals surface area contributed by atoms with Crippen molar-refractivity contribution in [3.8, 4) is 22.8 Å². The van der Waals surface area contributed by atoms with Crippen molar-refractivity contribution in [1.29, 1.82) is 0 Å². The summed E-state index contributed by atoms with van der Waals surface area (Å²) in [4.78, 5) is 45.9. The second-order valence-electron chi connectivity index (χ2n) is 6.40. The van der Waals surface area contributed by atoms with Gasteiger partial charge in [-0.2, -0.15) is 0 Å². The first kappa shape index (κ1) is 22.3. The van der Waals surface area contributed by atoms with Crippen molar-refractivity contribution in [3.63, 3.8) is 0 Å². The lowest BCUT2D eigenvalue weighted by Gasteiger charge is -2.29. The summed E-state index contributed by atoms with van der Waals surface area (Å²) in [5.41, 5.74) is 1.77. The van der Waals surface area contributed by atoms with Crippen molar-refractivity contribution in [2.24, 2.45) is 0 Å². The highest BCUT2D eigenvalue weighted by atomic mass is 31.2. The molecule has 0 spiro atoms. The monoisotopic (exact) mass is 452 g/mol. The van der Waals surface area contributed by atoms with Crippen molar-refractivity contribution in [1.82, 2.24) is 20.2 Å². The van der Waals surface area contributed by atoms with Gasteiger partial charge in [-0.25, -0.2) is 0 Å². The van der Waals surface area contributed by atoms with Crippen LogP contribution >= 0.6 is 15.2 Å². The van der Waals surface area contributed by atoms with Crippen molar-refractivity contribution in [3.05, 3.63) is 60.4 Å². The lowest BCUT2D eigenvalue weighted by Crippen LogP contribution is -2.29. The molecule has 5 N–H and O–H groups in total. The molecule has 11 nitrogen and oxygen atoms in total. The van der Waals surface area contributed by atoms with Gasteiger partial charge >= 0.3 is 15.2 Å². The van der Waals surface area contributed by atoms with E-state index in [2.05, 4.69) is 20.2 Å². The van der Waals surface area contributed by atoms with Gasteiger partial charge in [-0.1, -0.05) is 12.1 Å². The predicted octanol–water partition coefficient (Wildman–Crippen LogP) is 1.53. The molecule has 0 radical (unpaired) electrons. The zero-order valence-electron chi connectivity index (χ0n) is 15.3. The first-order valence-electron chi connectivity index (χ1n) is 8.56. The molecule has 0 aromatic carbocycles. The zero-order valence-corrected chi connectivity index (χ0v) is 17.1. The number of aryl methyl sites for hydroxylation is 1. The molecular formula is C17H18N4O7P2. The lowest BCUT2D eigenvalue weighted by molar-refractivity contribution is 0.123. The van der Waals surface area contributed by atoms with Crippen LogP contribution in [-0.4, -0.2) is 49.9 Å². The smallest absolute Gasteiger partial charge is 0.368 e. The van der Waals surface area contributed by atoms with Gasteiger partial charge in [-0.05, 0) is 42.3 Å². The molecule has 0 aliphatic heterocycles. The Labute approximate surface area is 170 Å². The third-order valence-electron chi connectivity index (χ3n) is 4.37. The molecule has 3 aromatic heterocycles. The Morgan fingerprint density at radius 2 is 1.37 bits per heavy atom. The summed E-state index contributed by atoms with van der Waals surface area (Å²) in [6, 6.07) is 11.7. The van der Waals surface area contributed by atoms with Crippen molar-refractivity contribution >= 4 is 15.2 Å². The van der Waals surface area contributed by atoms with Crippen LogP contribution in [0.3, 0.4) is 0 Å². The normalized spacial score (nSPS) is 12.7. The third kappa shape index (κ3) is 4.53. The average Bonchev–Trinajstić information content (AvgIpc) is 2.71. The lowest BCUT2D eigenvalue weighted by atomic mass is 10.0. The fourth-order valence-corrected chi connectivity index (χ4v) is 4.91. The van der Waals surface area contributed by atoms with E-state index >= 15 is 0 Å². The highest BCUT2D eigenvalue weighted by Gasteiger charge is 2.58. The third-order valence-corrected chi connectivity index (χ3v) is 8.25. The number of aromatic nitrogens is 4. The number of pyridine rings is 2. The molecule has 0 saturated heterocycles. The number of aliphatic hydroxyl groups is 1. The SMILES string of the molecule is O=P(O)(O)C(O)(CCc1cc(-c2ccccn2)nnc1-c1ccccn1)P(=O)(O)O. The van der Waals surface area contributed by atoms with E-state index in [1.54, 1.807) is 42.6 Å². The van der Waals surface area contributed by atoms with Crippen LogP contribution in [0.4, 0.5) is 0 Å². The van der Waals surface area contributed by atoms with Gasteiger partial charge in [-0.15, -0.1) is 10.2 Å². The molecule has 3 heterocycles. The second-order valence-corrected chi connectivity index (χ2v) is 10.4. The molecule has 0 fully saturated rings. The van der Waals surface area contributed by atoms with E-state index in [0.29, 0.717) is 22.6 Å². The summed E-state index contributed by atoms with van der Waals surface area (Å²) in [5.74, 6) is 0. The Bertz CT molecular complexity index is 1100. The van der Waals surface area contributed by atoms with Crippen LogP contribution in [-0.2, 0) is 15.6 Å². The summed E-state index contributed by atoms with van der Waals surface area (Å²) in [7, 11) is -11.1. The Morgan fingerprint density at radius 1 is 0.800 bits per heavy atom. The molecule has 30 heavy (non-hydrogen) atoms. The van der Waals surface area contributed by atoms with Crippen LogP contribution < -0.4 is 0 Å². The van der Waals surface area contributed by atoms with Crippen molar-refractivity contribution in [2.75, 3.05) is 0 Å². The van der Waals surface area contributed by atoms with Crippen molar-refractivity contribution in [2.45, 2.75) is 17.9 Å². The highest BCUT2D eigenvalue weighted by molar-refractivity contribution is 7.72. The van der Waals surface area contributed by atoms with E-state index < -0.39 is 26.7 Å². The maximum Gasteiger partial charge on any atom is 0.369 e. The molecule has 13 heteroatoms. The number of nitrogens with zero attached hydrogens (tertiary/aromatic N) is 4. The summed E-state index contributed by atoms with van der Waals surface area (Å²) in [6.07, 6.45) is 1.81. The van der Waals surface area contributed by atoms with Gasteiger partial charge in [0.25, 0.3) is 5.08 Å². The van der Waals surface area contributed by atoms with Gasteiger partial charge in [0.1, 0.15) is 11.4 Å². The summed E-state index contributed by atoms with van der Waals surface area (Å²) >= 11 is 0. The van der Waals surface area contributed by atoms with E-state index in [0.717, 1.165) is 0 Å². The van der Waals surface area contributed by atoms with Gasteiger partial charge in [0, 0.05) is 18.8 Å². The van der Waals surface area contributed by atoms with Gasteiger partial charge in [0.05, 0.1) is 11.4 Å². The number of hydrogen-bond donors (Lipinski definition) is 5. The Kier molecular flexibility index (Phi) is 6.26. The Morgan fingerprint density at radius 3 is 1.87 bits per heavy atom. The molecule has 0 unspecified atom stereocenters. The van der Waals surface area contributed by atoms with Gasteiger partial charge in [-0.3, -0.25) is 19.1 Å². The Hall–Kier alpha value is -2.36. The van der Waals surface area contributed by atoms with Gasteiger partial charge in [0.2, 0.25) is 0 Å². The van der Waals surface area contributed by atoms with Crippen LogP contribution in [0, 0.1) is 0 Å². The largest absolute Gasteiger partial charge is 0.369 e. The van der Waals surface area contributed by atoms with E-state index in [9.17, 15) is 33.8 Å². The molecule has 0 amide bonds. The fraction of sp³-hybridized carbons (Fsp3) is 0.176. The topological polar surface area (TPSA) is 187 Å². The zero-order chi connectivity index (χ0) is 22.0. The van der Waals surface area contributed by atoms with Crippen LogP contribution in [0.2, 0.25) is 0 Å². The maximum atomic E-state index is 11.7. The van der Waals surface area contributed by atoms with Crippen molar-refractivity contribution < 1.29 is 33.8 Å². The van der Waals surface area contributed by atoms with E-state index in [4.69, 9.17) is 0 Å². The first-order chi connectivity index (χ1) is 14.0. The predicted molar refractivity (Wildman–Crippen MR) is 106 cm³/mol. The molecule has 0 aliphatic rings. The van der Waals surface area contributed by atoms with E-state index in [1.165, 1.54) is 12.3 Å².